The van der Waals surface area contributed by atoms with Crippen LogP contribution in [0.3, 0.4) is 0 Å². The molecular formula is C16H32N2O2. The second kappa shape index (κ2) is 10.2. The summed E-state index contributed by atoms with van der Waals surface area (Å²) >= 11 is 0. The van der Waals surface area contributed by atoms with Crippen molar-refractivity contribution < 1.29 is 9.53 Å². The van der Waals surface area contributed by atoms with Crippen molar-refractivity contribution in [2.24, 2.45) is 11.7 Å². The molecule has 1 fully saturated rings. The van der Waals surface area contributed by atoms with E-state index >= 15 is 0 Å². The standard InChI is InChI=1S/C16H32N2O2/c1-14(2)9-12-20-15-8-11-18(13-15)16(19)7-5-3-4-6-10-17/h14-15H,3-13,17H2,1-2H3. The van der Waals surface area contributed by atoms with Gasteiger partial charge in [0.1, 0.15) is 0 Å². The Hall–Kier alpha value is -0.610. The average Bonchev–Trinajstić information content (AvgIpc) is 2.87. The summed E-state index contributed by atoms with van der Waals surface area (Å²) in [7, 11) is 0. The van der Waals surface area contributed by atoms with Crippen molar-refractivity contribution in [2.75, 3.05) is 26.2 Å². The minimum atomic E-state index is 0.259. The van der Waals surface area contributed by atoms with Gasteiger partial charge >= 0.3 is 0 Å². The molecule has 0 aromatic carbocycles. The lowest BCUT2D eigenvalue weighted by molar-refractivity contribution is -0.130. The van der Waals surface area contributed by atoms with Gasteiger partial charge in [-0.3, -0.25) is 4.79 Å². The third-order valence-corrected chi connectivity index (χ3v) is 3.89. The average molecular weight is 284 g/mol. The summed E-state index contributed by atoms with van der Waals surface area (Å²) < 4.78 is 5.84. The topological polar surface area (TPSA) is 55.6 Å². The number of unbranched alkanes of at least 4 members (excludes halogenated alkanes) is 3. The highest BCUT2D eigenvalue weighted by molar-refractivity contribution is 5.76. The van der Waals surface area contributed by atoms with Gasteiger partial charge in [0.05, 0.1) is 6.10 Å². The molecule has 0 saturated carbocycles. The van der Waals surface area contributed by atoms with Gasteiger partial charge in [0.25, 0.3) is 0 Å². The quantitative estimate of drug-likeness (QED) is 0.627. The summed E-state index contributed by atoms with van der Waals surface area (Å²) in [5, 5.41) is 0. The van der Waals surface area contributed by atoms with Crippen LogP contribution in [0, 0.1) is 5.92 Å². The summed E-state index contributed by atoms with van der Waals surface area (Å²) in [5.74, 6) is 0.982. The summed E-state index contributed by atoms with van der Waals surface area (Å²) in [6.07, 6.45) is 7.37. The number of carbonyl (C=O) groups excluding carboxylic acids is 1. The monoisotopic (exact) mass is 284 g/mol. The SMILES string of the molecule is CC(C)CCOC1CCN(C(=O)CCCCCCN)C1. The summed E-state index contributed by atoms with van der Waals surface area (Å²) in [6.45, 7) is 7.66. The highest BCUT2D eigenvalue weighted by Crippen LogP contribution is 2.16. The molecule has 1 heterocycles. The highest BCUT2D eigenvalue weighted by Gasteiger charge is 2.26. The first-order valence-electron chi connectivity index (χ1n) is 8.23. The van der Waals surface area contributed by atoms with E-state index in [4.69, 9.17) is 10.5 Å². The fraction of sp³-hybridized carbons (Fsp3) is 0.938. The molecular weight excluding hydrogens is 252 g/mol. The van der Waals surface area contributed by atoms with Crippen LogP contribution in [0.1, 0.15) is 58.8 Å². The molecule has 1 aliphatic heterocycles. The van der Waals surface area contributed by atoms with Gasteiger partial charge in [-0.15, -0.1) is 0 Å². The molecule has 118 valence electrons. The van der Waals surface area contributed by atoms with Crippen LogP contribution >= 0.6 is 0 Å². The zero-order valence-corrected chi connectivity index (χ0v) is 13.3. The zero-order chi connectivity index (χ0) is 14.8. The van der Waals surface area contributed by atoms with Crippen LogP contribution in [-0.4, -0.2) is 43.2 Å². The summed E-state index contributed by atoms with van der Waals surface area (Å²) in [4.78, 5) is 14.0. The third kappa shape index (κ3) is 7.25. The number of ether oxygens (including phenoxy) is 1. The molecule has 0 radical (unpaired) electrons. The molecule has 0 bridgehead atoms. The molecule has 0 spiro atoms. The molecule has 1 rings (SSSR count). The van der Waals surface area contributed by atoms with Crippen LogP contribution in [0.5, 0.6) is 0 Å². The van der Waals surface area contributed by atoms with E-state index in [9.17, 15) is 4.79 Å². The second-order valence-corrected chi connectivity index (χ2v) is 6.26. The first-order chi connectivity index (χ1) is 9.63. The van der Waals surface area contributed by atoms with Gasteiger partial charge in [-0.25, -0.2) is 0 Å². The van der Waals surface area contributed by atoms with Crippen molar-refractivity contribution >= 4 is 5.91 Å². The predicted molar refractivity (Wildman–Crippen MR) is 82.5 cm³/mol. The van der Waals surface area contributed by atoms with Crippen LogP contribution in [0.25, 0.3) is 0 Å². The number of likely N-dealkylation sites (tertiary alicyclic amines) is 1. The zero-order valence-electron chi connectivity index (χ0n) is 13.3. The van der Waals surface area contributed by atoms with Crippen molar-refractivity contribution in [1.82, 2.24) is 4.90 Å². The number of hydrogen-bond donors (Lipinski definition) is 1. The second-order valence-electron chi connectivity index (χ2n) is 6.26. The normalized spacial score (nSPS) is 19.0. The Morgan fingerprint density at radius 2 is 2.05 bits per heavy atom. The van der Waals surface area contributed by atoms with Crippen LogP contribution in [0.4, 0.5) is 0 Å². The van der Waals surface area contributed by atoms with Crippen LogP contribution in [-0.2, 0) is 9.53 Å². The molecule has 1 atom stereocenters. The van der Waals surface area contributed by atoms with E-state index in [1.165, 1.54) is 0 Å². The fourth-order valence-corrected chi connectivity index (χ4v) is 2.49. The maximum atomic E-state index is 12.1. The largest absolute Gasteiger partial charge is 0.376 e. The smallest absolute Gasteiger partial charge is 0.222 e. The minimum Gasteiger partial charge on any atom is -0.376 e. The van der Waals surface area contributed by atoms with Crippen molar-refractivity contribution in [2.45, 2.75) is 64.9 Å². The van der Waals surface area contributed by atoms with E-state index in [0.717, 1.165) is 64.8 Å². The van der Waals surface area contributed by atoms with Crippen molar-refractivity contribution in [3.8, 4) is 0 Å². The lowest BCUT2D eigenvalue weighted by Gasteiger charge is -2.17. The molecule has 0 aromatic heterocycles. The van der Waals surface area contributed by atoms with Gasteiger partial charge in [0.2, 0.25) is 5.91 Å². The maximum absolute atomic E-state index is 12.1. The van der Waals surface area contributed by atoms with Gasteiger partial charge in [0, 0.05) is 26.1 Å². The Morgan fingerprint density at radius 3 is 2.75 bits per heavy atom. The molecule has 0 aromatic rings. The van der Waals surface area contributed by atoms with E-state index in [0.29, 0.717) is 18.2 Å². The minimum absolute atomic E-state index is 0.259. The highest BCUT2D eigenvalue weighted by atomic mass is 16.5. The molecule has 4 heteroatoms. The number of hydrogen-bond acceptors (Lipinski definition) is 3. The molecule has 2 N–H and O–H groups in total. The Balaban J connectivity index is 2.08. The van der Waals surface area contributed by atoms with Crippen molar-refractivity contribution in [3.05, 3.63) is 0 Å². The number of rotatable bonds is 10. The molecule has 0 aliphatic carbocycles. The predicted octanol–water partition coefficient (Wildman–Crippen LogP) is 2.56. The lowest BCUT2D eigenvalue weighted by Crippen LogP contribution is -2.30. The number of nitrogens with two attached hydrogens (primary N) is 1. The fourth-order valence-electron chi connectivity index (χ4n) is 2.49. The van der Waals surface area contributed by atoms with Gasteiger partial charge < -0.3 is 15.4 Å². The Labute approximate surface area is 124 Å². The number of amides is 1. The third-order valence-electron chi connectivity index (χ3n) is 3.89. The van der Waals surface area contributed by atoms with Crippen molar-refractivity contribution in [1.29, 1.82) is 0 Å². The van der Waals surface area contributed by atoms with Gasteiger partial charge in [0.15, 0.2) is 0 Å². The molecule has 1 unspecified atom stereocenters. The van der Waals surface area contributed by atoms with Gasteiger partial charge in [-0.05, 0) is 38.1 Å². The van der Waals surface area contributed by atoms with E-state index in [2.05, 4.69) is 13.8 Å². The van der Waals surface area contributed by atoms with Crippen LogP contribution in [0.15, 0.2) is 0 Å². The summed E-state index contributed by atoms with van der Waals surface area (Å²) in [6, 6.07) is 0. The molecule has 4 nitrogen and oxygen atoms in total. The Bertz CT molecular complexity index is 269. The van der Waals surface area contributed by atoms with Crippen LogP contribution < -0.4 is 5.73 Å². The first-order valence-corrected chi connectivity index (χ1v) is 8.23. The molecule has 1 amide bonds. The number of nitrogens with zero attached hydrogens (tertiary/aromatic N) is 1. The lowest BCUT2D eigenvalue weighted by atomic mass is 10.1. The first kappa shape index (κ1) is 17.4. The van der Waals surface area contributed by atoms with E-state index < -0.39 is 0 Å². The summed E-state index contributed by atoms with van der Waals surface area (Å²) in [5.41, 5.74) is 5.45. The van der Waals surface area contributed by atoms with Gasteiger partial charge in [-0.2, -0.15) is 0 Å². The maximum Gasteiger partial charge on any atom is 0.222 e. The van der Waals surface area contributed by atoms with E-state index in [1.54, 1.807) is 0 Å². The van der Waals surface area contributed by atoms with E-state index in [-0.39, 0.29) is 6.10 Å². The van der Waals surface area contributed by atoms with Crippen LogP contribution in [0.2, 0.25) is 0 Å². The molecule has 1 aliphatic rings. The molecule has 1 saturated heterocycles. The van der Waals surface area contributed by atoms with E-state index in [1.807, 2.05) is 4.90 Å². The number of carbonyl (C=O) groups is 1. The molecule has 20 heavy (non-hydrogen) atoms. The van der Waals surface area contributed by atoms with Gasteiger partial charge in [-0.1, -0.05) is 26.7 Å². The Kier molecular flexibility index (Phi) is 8.86. The van der Waals surface area contributed by atoms with Crippen molar-refractivity contribution in [3.63, 3.8) is 0 Å². The Morgan fingerprint density at radius 1 is 1.30 bits per heavy atom.